The molecular weight excluding hydrogens is 576 g/mol. The SMILES string of the molecule is CCCCNC(=O)[C@@H](Cc1ccccc1)N(Cc1cccc(Cl)c1)C(=O)COc1ccc(C(C)(C)C)cc1Br. The third kappa shape index (κ3) is 9.40. The van der Waals surface area contributed by atoms with Crippen LogP contribution in [0.1, 0.15) is 57.2 Å². The number of halogens is 2. The minimum Gasteiger partial charge on any atom is -0.483 e. The van der Waals surface area contributed by atoms with Crippen LogP contribution >= 0.6 is 27.5 Å². The van der Waals surface area contributed by atoms with Crippen molar-refractivity contribution in [3.8, 4) is 5.75 Å². The van der Waals surface area contributed by atoms with E-state index in [4.69, 9.17) is 16.3 Å². The van der Waals surface area contributed by atoms with Gasteiger partial charge in [0.15, 0.2) is 6.61 Å². The zero-order chi connectivity index (χ0) is 28.4. The summed E-state index contributed by atoms with van der Waals surface area (Å²) in [7, 11) is 0. The van der Waals surface area contributed by atoms with Gasteiger partial charge in [-0.3, -0.25) is 9.59 Å². The van der Waals surface area contributed by atoms with Gasteiger partial charge in [-0.25, -0.2) is 0 Å². The smallest absolute Gasteiger partial charge is 0.261 e. The van der Waals surface area contributed by atoms with Crippen LogP contribution in [0.15, 0.2) is 77.3 Å². The second-order valence-corrected chi connectivity index (χ2v) is 12.0. The Labute approximate surface area is 246 Å². The van der Waals surface area contributed by atoms with Crippen LogP contribution in [0.3, 0.4) is 0 Å². The molecule has 3 rings (SSSR count). The van der Waals surface area contributed by atoms with E-state index in [2.05, 4.69) is 48.9 Å². The molecule has 0 saturated carbocycles. The van der Waals surface area contributed by atoms with Gasteiger partial charge in [-0.05, 0) is 68.7 Å². The van der Waals surface area contributed by atoms with E-state index in [0.29, 0.717) is 23.7 Å². The van der Waals surface area contributed by atoms with E-state index in [0.717, 1.165) is 34.0 Å². The summed E-state index contributed by atoms with van der Waals surface area (Å²) in [5.74, 6) is 0.109. The Balaban J connectivity index is 1.89. The first-order valence-corrected chi connectivity index (χ1v) is 14.5. The van der Waals surface area contributed by atoms with Crippen molar-refractivity contribution in [2.75, 3.05) is 13.2 Å². The molecule has 7 heteroatoms. The van der Waals surface area contributed by atoms with Crippen molar-refractivity contribution in [1.29, 1.82) is 0 Å². The number of nitrogens with one attached hydrogen (secondary N) is 1. The zero-order valence-electron chi connectivity index (χ0n) is 23.2. The Morgan fingerprint density at radius 1 is 1.00 bits per heavy atom. The molecule has 3 aromatic rings. The lowest BCUT2D eigenvalue weighted by Crippen LogP contribution is -2.51. The second kappa shape index (κ2) is 14.5. The molecule has 0 spiro atoms. The molecule has 39 heavy (non-hydrogen) atoms. The van der Waals surface area contributed by atoms with E-state index in [9.17, 15) is 9.59 Å². The van der Waals surface area contributed by atoms with Gasteiger partial charge in [0.2, 0.25) is 5.91 Å². The van der Waals surface area contributed by atoms with Gasteiger partial charge in [0, 0.05) is 24.5 Å². The van der Waals surface area contributed by atoms with E-state index in [1.54, 1.807) is 11.0 Å². The number of rotatable bonds is 12. The molecule has 5 nitrogen and oxygen atoms in total. The zero-order valence-corrected chi connectivity index (χ0v) is 25.5. The fraction of sp³-hybridized carbons (Fsp3) is 0.375. The summed E-state index contributed by atoms with van der Waals surface area (Å²) in [6, 6.07) is 22.3. The third-order valence-corrected chi connectivity index (χ3v) is 7.35. The second-order valence-electron chi connectivity index (χ2n) is 10.7. The van der Waals surface area contributed by atoms with Gasteiger partial charge in [-0.1, -0.05) is 94.2 Å². The first kappa shape index (κ1) is 30.7. The predicted molar refractivity (Wildman–Crippen MR) is 162 cm³/mol. The number of nitrogens with zero attached hydrogens (tertiary/aromatic N) is 1. The summed E-state index contributed by atoms with van der Waals surface area (Å²) in [6.45, 7) is 9.09. The van der Waals surface area contributed by atoms with Crippen LogP contribution in [0.2, 0.25) is 5.02 Å². The molecule has 0 aliphatic rings. The van der Waals surface area contributed by atoms with E-state index >= 15 is 0 Å². The fourth-order valence-electron chi connectivity index (χ4n) is 4.20. The topological polar surface area (TPSA) is 58.6 Å². The van der Waals surface area contributed by atoms with E-state index < -0.39 is 6.04 Å². The summed E-state index contributed by atoms with van der Waals surface area (Å²) in [5, 5.41) is 3.61. The lowest BCUT2D eigenvalue weighted by molar-refractivity contribution is -0.142. The van der Waals surface area contributed by atoms with Gasteiger partial charge >= 0.3 is 0 Å². The maximum atomic E-state index is 13.8. The number of hydrogen-bond acceptors (Lipinski definition) is 3. The lowest BCUT2D eigenvalue weighted by atomic mass is 9.87. The Morgan fingerprint density at radius 2 is 1.72 bits per heavy atom. The monoisotopic (exact) mass is 612 g/mol. The molecule has 0 unspecified atom stereocenters. The average molecular weight is 614 g/mol. The molecule has 0 bridgehead atoms. The maximum absolute atomic E-state index is 13.8. The van der Waals surface area contributed by atoms with Gasteiger partial charge in [0.25, 0.3) is 5.91 Å². The standard InChI is InChI=1S/C32H38BrClN2O3/c1-5-6-17-35-31(38)28(19-23-11-8-7-9-12-23)36(21-24-13-10-14-26(34)18-24)30(37)22-39-29-16-15-25(20-27(29)33)32(2,3)4/h7-16,18,20,28H,5-6,17,19,21-22H2,1-4H3,(H,35,38)/t28-/m1/s1. The average Bonchev–Trinajstić information content (AvgIpc) is 2.90. The molecule has 0 saturated heterocycles. The number of hydrogen-bond donors (Lipinski definition) is 1. The van der Waals surface area contributed by atoms with Crippen molar-refractivity contribution in [2.24, 2.45) is 0 Å². The van der Waals surface area contributed by atoms with Crippen molar-refractivity contribution < 1.29 is 14.3 Å². The largest absolute Gasteiger partial charge is 0.483 e. The van der Waals surface area contributed by atoms with Crippen molar-refractivity contribution in [1.82, 2.24) is 10.2 Å². The maximum Gasteiger partial charge on any atom is 0.261 e. The van der Waals surface area contributed by atoms with E-state index in [-0.39, 0.29) is 30.4 Å². The molecule has 1 N–H and O–H groups in total. The lowest BCUT2D eigenvalue weighted by Gasteiger charge is -2.31. The summed E-state index contributed by atoms with van der Waals surface area (Å²) in [4.78, 5) is 28.9. The molecular formula is C32H38BrClN2O3. The highest BCUT2D eigenvalue weighted by Gasteiger charge is 2.31. The highest BCUT2D eigenvalue weighted by atomic mass is 79.9. The molecule has 2 amide bonds. The van der Waals surface area contributed by atoms with E-state index in [1.807, 2.05) is 66.7 Å². The molecule has 1 atom stereocenters. The number of amides is 2. The van der Waals surface area contributed by atoms with Gasteiger partial charge in [-0.15, -0.1) is 0 Å². The van der Waals surface area contributed by atoms with Gasteiger partial charge in [-0.2, -0.15) is 0 Å². The van der Waals surface area contributed by atoms with Crippen LogP contribution in [0.25, 0.3) is 0 Å². The molecule has 0 heterocycles. The summed E-state index contributed by atoms with van der Waals surface area (Å²) < 4.78 is 6.77. The number of carbonyl (C=O) groups is 2. The van der Waals surface area contributed by atoms with Gasteiger partial charge < -0.3 is 15.0 Å². The molecule has 3 aromatic carbocycles. The van der Waals surface area contributed by atoms with Crippen molar-refractivity contribution >= 4 is 39.3 Å². The van der Waals surface area contributed by atoms with E-state index in [1.165, 1.54) is 0 Å². The summed E-state index contributed by atoms with van der Waals surface area (Å²) in [5.41, 5.74) is 2.95. The first-order valence-electron chi connectivity index (χ1n) is 13.4. The van der Waals surface area contributed by atoms with Crippen LogP contribution in [-0.2, 0) is 28.0 Å². The first-order chi connectivity index (χ1) is 18.6. The molecule has 0 aromatic heterocycles. The molecule has 208 valence electrons. The van der Waals surface area contributed by atoms with Crippen LogP contribution in [0.4, 0.5) is 0 Å². The third-order valence-electron chi connectivity index (χ3n) is 6.49. The highest BCUT2D eigenvalue weighted by molar-refractivity contribution is 9.10. The minimum absolute atomic E-state index is 0.0135. The van der Waals surface area contributed by atoms with Crippen LogP contribution < -0.4 is 10.1 Å². The van der Waals surface area contributed by atoms with Gasteiger partial charge in [0.05, 0.1) is 4.47 Å². The minimum atomic E-state index is -0.717. The Hall–Kier alpha value is -2.83. The number of benzene rings is 3. The van der Waals surface area contributed by atoms with Crippen molar-refractivity contribution in [2.45, 2.75) is 65.0 Å². The number of carbonyl (C=O) groups excluding carboxylic acids is 2. The number of unbranched alkanes of at least 4 members (excludes halogenated alkanes) is 1. The number of ether oxygens (including phenoxy) is 1. The van der Waals surface area contributed by atoms with Crippen LogP contribution in [-0.4, -0.2) is 35.9 Å². The molecule has 0 radical (unpaired) electrons. The Morgan fingerprint density at radius 3 is 2.36 bits per heavy atom. The predicted octanol–water partition coefficient (Wildman–Crippen LogP) is 7.34. The quantitative estimate of drug-likeness (QED) is 0.218. The van der Waals surface area contributed by atoms with Crippen molar-refractivity contribution in [3.05, 3.63) is 99.0 Å². The van der Waals surface area contributed by atoms with Crippen molar-refractivity contribution in [3.63, 3.8) is 0 Å². The Kier molecular flexibility index (Phi) is 11.4. The molecule has 0 fully saturated rings. The van der Waals surface area contributed by atoms with Gasteiger partial charge in [0.1, 0.15) is 11.8 Å². The fourth-order valence-corrected chi connectivity index (χ4v) is 4.91. The summed E-state index contributed by atoms with van der Waals surface area (Å²) >= 11 is 9.85. The molecule has 0 aliphatic carbocycles. The van der Waals surface area contributed by atoms with Crippen LogP contribution in [0.5, 0.6) is 5.75 Å². The molecule has 0 aliphatic heterocycles. The van der Waals surface area contributed by atoms with Crippen LogP contribution in [0, 0.1) is 0 Å². The normalized spacial score (nSPS) is 12.1. The summed E-state index contributed by atoms with van der Waals surface area (Å²) in [6.07, 6.45) is 2.22. The Bertz CT molecular complexity index is 1240. The highest BCUT2D eigenvalue weighted by Crippen LogP contribution is 2.31.